The van der Waals surface area contributed by atoms with Crippen LogP contribution in [0.3, 0.4) is 0 Å². The molecule has 0 N–H and O–H groups in total. The van der Waals surface area contributed by atoms with Crippen LogP contribution in [0.25, 0.3) is 0 Å². The van der Waals surface area contributed by atoms with Crippen LogP contribution in [0.1, 0.15) is 0 Å². The molecule has 0 atom stereocenters. The summed E-state index contributed by atoms with van der Waals surface area (Å²) in [5, 5.41) is 8.65. The minimum atomic E-state index is 0.756. The molecule has 1 heterocycles. The van der Waals surface area contributed by atoms with Crippen LogP contribution < -0.4 is 31.1 Å². The molecule has 21 heavy (non-hydrogen) atoms. The number of fused-ring (bicyclic) bond motifs is 6. The fourth-order valence-corrected chi connectivity index (χ4v) is 6.40. The average molecular weight is 313 g/mol. The first-order chi connectivity index (χ1) is 10.3. The number of hydrogen-bond donors (Lipinski definition) is 0. The highest BCUT2D eigenvalue weighted by atomic mass is 28.2. The van der Waals surface area contributed by atoms with Gasteiger partial charge in [-0.3, -0.25) is 0 Å². The van der Waals surface area contributed by atoms with E-state index in [1.807, 2.05) is 0 Å². The molecule has 3 aromatic carbocycles. The highest BCUT2D eigenvalue weighted by Gasteiger charge is 2.07. The maximum Gasteiger partial charge on any atom is 0.121 e. The second kappa shape index (κ2) is 5.60. The van der Waals surface area contributed by atoms with Crippen LogP contribution in [0.4, 0.5) is 0 Å². The number of benzene rings is 3. The summed E-state index contributed by atoms with van der Waals surface area (Å²) in [5.74, 6) is 0. The van der Waals surface area contributed by atoms with Gasteiger partial charge in [0.2, 0.25) is 0 Å². The van der Waals surface area contributed by atoms with Gasteiger partial charge in [0.1, 0.15) is 28.6 Å². The molecular weight excluding hydrogens is 300 g/mol. The smallest absolute Gasteiger partial charge is 0.0639 e. The summed E-state index contributed by atoms with van der Waals surface area (Å²) in [6.45, 7) is 0. The lowest BCUT2D eigenvalue weighted by molar-refractivity contribution is 1.78. The molecule has 0 aromatic heterocycles. The van der Waals surface area contributed by atoms with Gasteiger partial charge in [-0.1, -0.05) is 104 Å². The van der Waals surface area contributed by atoms with Crippen LogP contribution >= 0.6 is 0 Å². The molecular formula is C18H12Si3. The van der Waals surface area contributed by atoms with E-state index in [1.165, 1.54) is 31.1 Å². The Balaban J connectivity index is 1.87. The van der Waals surface area contributed by atoms with Crippen LogP contribution in [0, 0.1) is 0 Å². The van der Waals surface area contributed by atoms with Gasteiger partial charge < -0.3 is 0 Å². The first-order valence-electron chi connectivity index (χ1n) is 6.96. The second-order valence-corrected chi connectivity index (χ2v) is 9.33. The van der Waals surface area contributed by atoms with Crippen molar-refractivity contribution in [3.8, 4) is 0 Å². The molecule has 0 unspecified atom stereocenters. The van der Waals surface area contributed by atoms with E-state index in [0.29, 0.717) is 0 Å². The van der Waals surface area contributed by atoms with Crippen LogP contribution in [0.5, 0.6) is 0 Å². The minimum Gasteiger partial charge on any atom is -0.0639 e. The Bertz CT molecular complexity index is 636. The molecule has 4 rings (SSSR count). The molecule has 0 aliphatic carbocycles. The van der Waals surface area contributed by atoms with Crippen molar-refractivity contribution in [3.05, 3.63) is 72.8 Å². The van der Waals surface area contributed by atoms with E-state index in [0.717, 1.165) is 28.6 Å². The molecule has 0 spiro atoms. The molecule has 0 amide bonds. The van der Waals surface area contributed by atoms with Gasteiger partial charge >= 0.3 is 0 Å². The topological polar surface area (TPSA) is 0 Å². The third kappa shape index (κ3) is 3.00. The fraction of sp³-hybridized carbons (Fsp3) is 0. The Kier molecular flexibility index (Phi) is 3.47. The van der Waals surface area contributed by atoms with Gasteiger partial charge in [0, 0.05) is 0 Å². The number of hydrogen-bond acceptors (Lipinski definition) is 0. The van der Waals surface area contributed by atoms with E-state index in [9.17, 15) is 0 Å². The Morgan fingerprint density at radius 2 is 0.619 bits per heavy atom. The van der Waals surface area contributed by atoms with Crippen molar-refractivity contribution in [3.63, 3.8) is 0 Å². The molecule has 0 nitrogen and oxygen atoms in total. The summed E-state index contributed by atoms with van der Waals surface area (Å²) < 4.78 is 0. The minimum absolute atomic E-state index is 0.756. The lowest BCUT2D eigenvalue weighted by Crippen LogP contribution is -2.39. The van der Waals surface area contributed by atoms with E-state index < -0.39 is 0 Å². The van der Waals surface area contributed by atoms with Gasteiger partial charge in [-0.25, -0.2) is 0 Å². The largest absolute Gasteiger partial charge is 0.121 e. The molecule has 6 bridgehead atoms. The van der Waals surface area contributed by atoms with Gasteiger partial charge in [0.05, 0.1) is 0 Å². The lowest BCUT2D eigenvalue weighted by Gasteiger charge is -2.10. The van der Waals surface area contributed by atoms with Crippen LogP contribution in [0.15, 0.2) is 72.8 Å². The number of rotatable bonds is 0. The third-order valence-corrected chi connectivity index (χ3v) is 7.05. The first-order valence-corrected chi connectivity index (χ1v) is 9.96. The van der Waals surface area contributed by atoms with Crippen molar-refractivity contribution in [1.82, 2.24) is 0 Å². The Morgan fingerprint density at radius 1 is 0.381 bits per heavy atom. The molecule has 1 aliphatic rings. The molecule has 0 fully saturated rings. The highest BCUT2D eigenvalue weighted by molar-refractivity contribution is 6.73. The van der Waals surface area contributed by atoms with Crippen LogP contribution in [0.2, 0.25) is 0 Å². The summed E-state index contributed by atoms with van der Waals surface area (Å²) in [4.78, 5) is 0. The van der Waals surface area contributed by atoms with Crippen molar-refractivity contribution in [1.29, 1.82) is 0 Å². The summed E-state index contributed by atoms with van der Waals surface area (Å²) in [7, 11) is 2.27. The van der Waals surface area contributed by atoms with Crippen molar-refractivity contribution >= 4 is 59.7 Å². The van der Waals surface area contributed by atoms with Crippen molar-refractivity contribution in [2.24, 2.45) is 0 Å². The molecule has 0 saturated heterocycles. The Labute approximate surface area is 132 Å². The molecule has 6 radical (unpaired) electrons. The third-order valence-electron chi connectivity index (χ3n) is 3.45. The zero-order valence-corrected chi connectivity index (χ0v) is 14.4. The lowest BCUT2D eigenvalue weighted by atomic mass is 10.3. The average Bonchev–Trinajstić information content (AvgIpc) is 2.47. The quantitative estimate of drug-likeness (QED) is 0.364. The zero-order valence-electron chi connectivity index (χ0n) is 11.4. The van der Waals surface area contributed by atoms with E-state index in [1.54, 1.807) is 0 Å². The van der Waals surface area contributed by atoms with Crippen molar-refractivity contribution in [2.45, 2.75) is 0 Å². The predicted octanol–water partition coefficient (Wildman–Crippen LogP) is -1.03. The molecule has 3 aromatic rings. The van der Waals surface area contributed by atoms with Crippen LogP contribution in [-0.2, 0) is 0 Å². The molecule has 0 saturated carbocycles. The highest BCUT2D eigenvalue weighted by Crippen LogP contribution is 1.88. The first kappa shape index (κ1) is 13.0. The molecule has 1 aliphatic heterocycles. The Hall–Kier alpha value is -1.69. The summed E-state index contributed by atoms with van der Waals surface area (Å²) in [6, 6.07) is 27.2. The van der Waals surface area contributed by atoms with E-state index >= 15 is 0 Å². The monoisotopic (exact) mass is 312 g/mol. The molecule has 3 heteroatoms. The SMILES string of the molecule is c1cc2cc(c1)[Si]c1cccc(c1)[Si]c1cccc(c1)[Si]2. The van der Waals surface area contributed by atoms with E-state index in [2.05, 4.69) is 72.8 Å². The van der Waals surface area contributed by atoms with E-state index in [4.69, 9.17) is 0 Å². The summed E-state index contributed by atoms with van der Waals surface area (Å²) in [6.07, 6.45) is 0. The van der Waals surface area contributed by atoms with E-state index in [-0.39, 0.29) is 0 Å². The zero-order chi connectivity index (χ0) is 14.1. The van der Waals surface area contributed by atoms with Gasteiger partial charge in [0.15, 0.2) is 0 Å². The molecule has 96 valence electrons. The second-order valence-electron chi connectivity index (χ2n) is 5.12. The van der Waals surface area contributed by atoms with Gasteiger partial charge in [-0.05, 0) is 0 Å². The van der Waals surface area contributed by atoms with Crippen molar-refractivity contribution in [2.75, 3.05) is 0 Å². The van der Waals surface area contributed by atoms with Gasteiger partial charge in [-0.15, -0.1) is 0 Å². The van der Waals surface area contributed by atoms with Gasteiger partial charge in [-0.2, -0.15) is 0 Å². The van der Waals surface area contributed by atoms with Crippen LogP contribution in [-0.4, -0.2) is 28.6 Å². The standard InChI is InChI=1S/C18H12Si3/c1-4-13-10-14(5-1)20-16-7-3-9-18(12-16)21-17-8-2-6-15(11-17)19-13/h1-12H. The Morgan fingerprint density at radius 3 is 0.857 bits per heavy atom. The van der Waals surface area contributed by atoms with Crippen molar-refractivity contribution < 1.29 is 0 Å². The summed E-state index contributed by atoms with van der Waals surface area (Å²) in [5.41, 5.74) is 0. The van der Waals surface area contributed by atoms with Gasteiger partial charge in [0.25, 0.3) is 0 Å². The maximum absolute atomic E-state index is 2.38. The normalized spacial score (nSPS) is 13.1. The predicted molar refractivity (Wildman–Crippen MR) is 94.4 cm³/mol. The fourth-order valence-electron chi connectivity index (χ4n) is 2.52. The summed E-state index contributed by atoms with van der Waals surface area (Å²) >= 11 is 0. The maximum atomic E-state index is 2.38.